The van der Waals surface area contributed by atoms with Gasteiger partial charge in [0.25, 0.3) is 0 Å². The molecule has 0 saturated heterocycles. The number of hydrogen-bond acceptors (Lipinski definition) is 4. The zero-order valence-electron chi connectivity index (χ0n) is 14.7. The number of benzene rings is 1. The fourth-order valence-corrected chi connectivity index (χ4v) is 1.70. The highest BCUT2D eigenvalue weighted by Crippen LogP contribution is 2.28. The minimum absolute atomic E-state index is 0.304. The van der Waals surface area contributed by atoms with Gasteiger partial charge in [-0.2, -0.15) is 0 Å². The molecule has 1 N–H and O–H groups in total. The molecule has 4 nitrogen and oxygen atoms in total. The average molecular weight is 308 g/mol. The molecule has 0 amide bonds. The van der Waals surface area contributed by atoms with Crippen molar-refractivity contribution in [3.05, 3.63) is 35.4 Å². The van der Waals surface area contributed by atoms with Crippen molar-refractivity contribution in [1.82, 2.24) is 0 Å². The van der Waals surface area contributed by atoms with Crippen LogP contribution in [0.15, 0.2) is 24.3 Å². The van der Waals surface area contributed by atoms with Crippen molar-refractivity contribution >= 4 is 5.78 Å². The lowest BCUT2D eigenvalue weighted by atomic mass is 9.93. The highest BCUT2D eigenvalue weighted by molar-refractivity contribution is 6.01. The van der Waals surface area contributed by atoms with Crippen LogP contribution in [-0.2, 0) is 15.4 Å². The standard InChI is InChI=1S/C18H28O4/c1-8-16(2,3)21-22-18(6,7)14-11-9-13(10-12-14)15(19)17(4,5)20/h9-12,20H,8H2,1-7H3. The third kappa shape index (κ3) is 4.90. The van der Waals surface area contributed by atoms with Gasteiger partial charge in [0.2, 0.25) is 0 Å². The molecule has 1 aromatic rings. The summed E-state index contributed by atoms with van der Waals surface area (Å²) in [6.07, 6.45) is 0.835. The van der Waals surface area contributed by atoms with Crippen molar-refractivity contribution < 1.29 is 19.7 Å². The van der Waals surface area contributed by atoms with Gasteiger partial charge in [-0.15, -0.1) is 0 Å². The Balaban J connectivity index is 2.87. The van der Waals surface area contributed by atoms with Gasteiger partial charge in [0.1, 0.15) is 11.2 Å². The molecule has 0 unspecified atom stereocenters. The van der Waals surface area contributed by atoms with E-state index in [0.29, 0.717) is 5.56 Å². The van der Waals surface area contributed by atoms with Gasteiger partial charge in [-0.3, -0.25) is 4.79 Å². The first-order valence-electron chi connectivity index (χ1n) is 7.63. The summed E-state index contributed by atoms with van der Waals surface area (Å²) < 4.78 is 0. The van der Waals surface area contributed by atoms with E-state index in [9.17, 15) is 9.90 Å². The number of rotatable bonds is 7. The second kappa shape index (κ2) is 6.49. The van der Waals surface area contributed by atoms with E-state index < -0.39 is 11.2 Å². The first-order chi connectivity index (χ1) is 9.89. The smallest absolute Gasteiger partial charge is 0.193 e. The van der Waals surface area contributed by atoms with E-state index in [1.165, 1.54) is 13.8 Å². The Bertz CT molecular complexity index is 507. The second-order valence-electron chi connectivity index (χ2n) is 7.26. The fourth-order valence-electron chi connectivity index (χ4n) is 1.70. The number of hydrogen-bond donors (Lipinski definition) is 1. The van der Waals surface area contributed by atoms with Gasteiger partial charge in [0.15, 0.2) is 5.78 Å². The number of carbonyl (C=O) groups is 1. The molecule has 22 heavy (non-hydrogen) atoms. The molecule has 0 aromatic heterocycles. The van der Waals surface area contributed by atoms with Crippen LogP contribution in [0.2, 0.25) is 0 Å². The zero-order chi connectivity index (χ0) is 17.2. The van der Waals surface area contributed by atoms with Gasteiger partial charge < -0.3 is 5.11 Å². The lowest BCUT2D eigenvalue weighted by molar-refractivity contribution is -0.405. The number of Topliss-reactive ketones (excluding diaryl/α,β-unsaturated/α-hetero) is 1. The Morgan fingerprint density at radius 3 is 1.91 bits per heavy atom. The maximum absolute atomic E-state index is 12.0. The summed E-state index contributed by atoms with van der Waals surface area (Å²) in [5, 5.41) is 9.78. The molecular weight excluding hydrogens is 280 g/mol. The first-order valence-corrected chi connectivity index (χ1v) is 7.63. The Kier molecular flexibility index (Phi) is 5.55. The van der Waals surface area contributed by atoms with E-state index in [0.717, 1.165) is 12.0 Å². The molecule has 0 heterocycles. The van der Waals surface area contributed by atoms with Crippen LogP contribution in [0, 0.1) is 0 Å². The van der Waals surface area contributed by atoms with Crippen LogP contribution >= 0.6 is 0 Å². The summed E-state index contributed by atoms with van der Waals surface area (Å²) in [7, 11) is 0. The molecule has 0 atom stereocenters. The minimum Gasteiger partial charge on any atom is -0.382 e. The largest absolute Gasteiger partial charge is 0.382 e. The Labute approximate surface area is 133 Å². The van der Waals surface area contributed by atoms with Gasteiger partial charge >= 0.3 is 0 Å². The maximum Gasteiger partial charge on any atom is 0.193 e. The summed E-state index contributed by atoms with van der Waals surface area (Å²) in [6.45, 7) is 12.8. The lowest BCUT2D eigenvalue weighted by Crippen LogP contribution is -2.32. The quantitative estimate of drug-likeness (QED) is 0.470. The summed E-state index contributed by atoms with van der Waals surface area (Å²) in [5.74, 6) is -0.304. The number of carbonyl (C=O) groups excluding carboxylic acids is 1. The third-order valence-corrected chi connectivity index (χ3v) is 3.72. The van der Waals surface area contributed by atoms with Crippen LogP contribution in [0.1, 0.15) is 70.8 Å². The van der Waals surface area contributed by atoms with Crippen LogP contribution in [0.25, 0.3) is 0 Å². The highest BCUT2D eigenvalue weighted by atomic mass is 17.2. The predicted molar refractivity (Wildman–Crippen MR) is 86.6 cm³/mol. The minimum atomic E-state index is -1.37. The molecule has 1 rings (SSSR count). The molecule has 0 aliphatic heterocycles. The van der Waals surface area contributed by atoms with E-state index >= 15 is 0 Å². The van der Waals surface area contributed by atoms with Gasteiger partial charge in [-0.1, -0.05) is 31.2 Å². The molecule has 0 aliphatic rings. The van der Waals surface area contributed by atoms with Crippen molar-refractivity contribution in [1.29, 1.82) is 0 Å². The zero-order valence-corrected chi connectivity index (χ0v) is 14.7. The van der Waals surface area contributed by atoms with Crippen molar-refractivity contribution in [3.63, 3.8) is 0 Å². The molecule has 1 aromatic carbocycles. The lowest BCUT2D eigenvalue weighted by Gasteiger charge is -2.30. The SMILES string of the molecule is CCC(C)(C)OOC(C)(C)c1ccc(C(=O)C(C)(C)O)cc1. The molecule has 4 heteroatoms. The second-order valence-corrected chi connectivity index (χ2v) is 7.26. The van der Waals surface area contributed by atoms with Gasteiger partial charge in [0.05, 0.1) is 5.60 Å². The predicted octanol–water partition coefficient (Wildman–Crippen LogP) is 4.01. The Morgan fingerprint density at radius 1 is 1.00 bits per heavy atom. The summed E-state index contributed by atoms with van der Waals surface area (Å²) in [6, 6.07) is 7.04. The topological polar surface area (TPSA) is 55.8 Å². The summed E-state index contributed by atoms with van der Waals surface area (Å²) in [4.78, 5) is 23.1. The Hall–Kier alpha value is -1.23. The summed E-state index contributed by atoms with van der Waals surface area (Å²) in [5.41, 5.74) is -0.993. The molecule has 124 valence electrons. The van der Waals surface area contributed by atoms with Crippen molar-refractivity contribution in [2.75, 3.05) is 0 Å². The number of ketones is 1. The fraction of sp³-hybridized carbons (Fsp3) is 0.611. The third-order valence-electron chi connectivity index (χ3n) is 3.72. The van der Waals surface area contributed by atoms with E-state index in [-0.39, 0.29) is 11.4 Å². The molecule has 0 radical (unpaired) electrons. The van der Waals surface area contributed by atoms with Crippen LogP contribution in [0.4, 0.5) is 0 Å². The maximum atomic E-state index is 12.0. The van der Waals surface area contributed by atoms with Crippen molar-refractivity contribution in [3.8, 4) is 0 Å². The van der Waals surface area contributed by atoms with Crippen molar-refractivity contribution in [2.45, 2.75) is 71.7 Å². The van der Waals surface area contributed by atoms with Gasteiger partial charge in [0, 0.05) is 5.56 Å². The van der Waals surface area contributed by atoms with E-state index in [1.54, 1.807) is 12.1 Å². The van der Waals surface area contributed by atoms with Crippen molar-refractivity contribution in [2.24, 2.45) is 0 Å². The van der Waals surface area contributed by atoms with Crippen LogP contribution in [-0.4, -0.2) is 22.1 Å². The van der Waals surface area contributed by atoms with Crippen LogP contribution in [0.3, 0.4) is 0 Å². The van der Waals surface area contributed by atoms with Gasteiger partial charge in [-0.05, 0) is 53.5 Å². The highest BCUT2D eigenvalue weighted by Gasteiger charge is 2.29. The van der Waals surface area contributed by atoms with E-state index in [1.807, 2.05) is 46.8 Å². The molecule has 0 saturated carbocycles. The molecule has 0 spiro atoms. The van der Waals surface area contributed by atoms with Gasteiger partial charge in [-0.25, -0.2) is 9.78 Å². The average Bonchev–Trinajstić information content (AvgIpc) is 2.44. The number of aliphatic hydroxyl groups is 1. The van der Waals surface area contributed by atoms with E-state index in [4.69, 9.17) is 9.78 Å². The normalized spacial score (nSPS) is 13.3. The monoisotopic (exact) mass is 308 g/mol. The molecule has 0 bridgehead atoms. The Morgan fingerprint density at radius 2 is 1.50 bits per heavy atom. The summed E-state index contributed by atoms with van der Waals surface area (Å²) >= 11 is 0. The molecule has 0 aliphatic carbocycles. The van der Waals surface area contributed by atoms with Crippen LogP contribution < -0.4 is 0 Å². The van der Waals surface area contributed by atoms with Crippen LogP contribution in [0.5, 0.6) is 0 Å². The first kappa shape index (κ1) is 18.8. The molecular formula is C18H28O4. The molecule has 0 fully saturated rings. The van der Waals surface area contributed by atoms with E-state index in [2.05, 4.69) is 0 Å².